The molecule has 1 amide bonds. The summed E-state index contributed by atoms with van der Waals surface area (Å²) in [5.41, 5.74) is 3.91. The van der Waals surface area contributed by atoms with E-state index in [0.717, 1.165) is 31.2 Å². The highest BCUT2D eigenvalue weighted by molar-refractivity contribution is 5.76. The number of pyridine rings is 1. The van der Waals surface area contributed by atoms with Gasteiger partial charge in [-0.15, -0.1) is 0 Å². The fourth-order valence-corrected chi connectivity index (χ4v) is 3.30. The first-order valence-corrected chi connectivity index (χ1v) is 9.18. The molecule has 1 aliphatic carbocycles. The maximum absolute atomic E-state index is 11.9. The summed E-state index contributed by atoms with van der Waals surface area (Å²) in [7, 11) is 0. The summed E-state index contributed by atoms with van der Waals surface area (Å²) in [5, 5.41) is 2.98. The molecule has 0 fully saturated rings. The van der Waals surface area contributed by atoms with Crippen molar-refractivity contribution in [2.45, 2.75) is 44.6 Å². The molecule has 132 valence electrons. The van der Waals surface area contributed by atoms with E-state index >= 15 is 0 Å². The first kappa shape index (κ1) is 17.6. The third-order valence-corrected chi connectivity index (χ3v) is 4.67. The van der Waals surface area contributed by atoms with Crippen molar-refractivity contribution in [2.75, 3.05) is 13.2 Å². The molecule has 0 aliphatic heterocycles. The van der Waals surface area contributed by atoms with Crippen LogP contribution in [-0.2, 0) is 22.4 Å². The zero-order valence-corrected chi connectivity index (χ0v) is 14.6. The average molecular weight is 338 g/mol. The second kappa shape index (κ2) is 9.33. The Hall–Kier alpha value is -2.20. The van der Waals surface area contributed by atoms with Crippen molar-refractivity contribution in [3.05, 3.63) is 65.5 Å². The number of aryl methyl sites for hydroxylation is 2. The Labute approximate surface area is 149 Å². The van der Waals surface area contributed by atoms with E-state index in [0.29, 0.717) is 19.6 Å². The molecule has 25 heavy (non-hydrogen) atoms. The van der Waals surface area contributed by atoms with Gasteiger partial charge in [-0.2, -0.15) is 0 Å². The number of rotatable bonds is 8. The van der Waals surface area contributed by atoms with Crippen LogP contribution in [0.3, 0.4) is 0 Å². The molecule has 0 spiro atoms. The average Bonchev–Trinajstić information content (AvgIpc) is 2.67. The number of fused-ring (bicyclic) bond motifs is 1. The zero-order valence-electron chi connectivity index (χ0n) is 14.6. The standard InChI is InChI=1S/C21H26N2O2/c24-21(10-9-17-11-14-22-15-12-17)23-13-4-16-25-20-8-3-6-18-5-1-2-7-19(18)20/h1-2,5,7,11-12,14-15,20H,3-4,6,8-10,13,16H2,(H,23,24)/t20-/m1/s1. The number of hydrogen-bond acceptors (Lipinski definition) is 3. The van der Waals surface area contributed by atoms with Crippen molar-refractivity contribution in [3.63, 3.8) is 0 Å². The van der Waals surface area contributed by atoms with Crippen LogP contribution < -0.4 is 5.32 Å². The van der Waals surface area contributed by atoms with Gasteiger partial charge in [0.05, 0.1) is 6.10 Å². The molecule has 1 aromatic heterocycles. The molecule has 4 heteroatoms. The summed E-state index contributed by atoms with van der Waals surface area (Å²) in [4.78, 5) is 15.9. The van der Waals surface area contributed by atoms with Gasteiger partial charge in [-0.1, -0.05) is 24.3 Å². The first-order chi connectivity index (χ1) is 12.3. The number of benzene rings is 1. The lowest BCUT2D eigenvalue weighted by molar-refractivity contribution is -0.121. The minimum atomic E-state index is 0.0971. The van der Waals surface area contributed by atoms with Gasteiger partial charge in [0.25, 0.3) is 0 Å². The van der Waals surface area contributed by atoms with Gasteiger partial charge in [-0.25, -0.2) is 0 Å². The maximum atomic E-state index is 11.9. The summed E-state index contributed by atoms with van der Waals surface area (Å²) in [6.45, 7) is 1.35. The highest BCUT2D eigenvalue weighted by Crippen LogP contribution is 2.32. The van der Waals surface area contributed by atoms with Gasteiger partial charge in [0.1, 0.15) is 0 Å². The van der Waals surface area contributed by atoms with Crippen LogP contribution in [0.5, 0.6) is 0 Å². The highest BCUT2D eigenvalue weighted by Gasteiger charge is 2.19. The summed E-state index contributed by atoms with van der Waals surface area (Å²) >= 11 is 0. The van der Waals surface area contributed by atoms with Gasteiger partial charge in [0, 0.05) is 32.0 Å². The van der Waals surface area contributed by atoms with E-state index in [9.17, 15) is 4.79 Å². The summed E-state index contributed by atoms with van der Waals surface area (Å²) in [6, 6.07) is 12.5. The molecular formula is C21H26N2O2. The van der Waals surface area contributed by atoms with Crippen LogP contribution in [0, 0.1) is 0 Å². The molecule has 1 aliphatic rings. The largest absolute Gasteiger partial charge is 0.373 e. The van der Waals surface area contributed by atoms with E-state index in [1.165, 1.54) is 17.5 Å². The predicted molar refractivity (Wildman–Crippen MR) is 98.3 cm³/mol. The van der Waals surface area contributed by atoms with Crippen LogP contribution in [0.2, 0.25) is 0 Å². The minimum Gasteiger partial charge on any atom is -0.373 e. The molecule has 1 atom stereocenters. The number of aromatic nitrogens is 1. The van der Waals surface area contributed by atoms with Gasteiger partial charge in [-0.3, -0.25) is 9.78 Å². The monoisotopic (exact) mass is 338 g/mol. The van der Waals surface area contributed by atoms with E-state index in [1.54, 1.807) is 12.4 Å². The van der Waals surface area contributed by atoms with Crippen molar-refractivity contribution in [3.8, 4) is 0 Å². The van der Waals surface area contributed by atoms with Crippen molar-refractivity contribution in [1.29, 1.82) is 0 Å². The van der Waals surface area contributed by atoms with E-state index in [2.05, 4.69) is 34.6 Å². The maximum Gasteiger partial charge on any atom is 0.220 e. The quantitative estimate of drug-likeness (QED) is 0.748. The van der Waals surface area contributed by atoms with Gasteiger partial charge in [0.15, 0.2) is 0 Å². The molecule has 1 aromatic carbocycles. The molecule has 0 saturated carbocycles. The number of nitrogens with one attached hydrogen (secondary N) is 1. The molecule has 1 N–H and O–H groups in total. The molecule has 4 nitrogen and oxygen atoms in total. The highest BCUT2D eigenvalue weighted by atomic mass is 16.5. The molecule has 0 saturated heterocycles. The lowest BCUT2D eigenvalue weighted by Gasteiger charge is -2.25. The van der Waals surface area contributed by atoms with Gasteiger partial charge < -0.3 is 10.1 Å². The van der Waals surface area contributed by atoms with Crippen LogP contribution in [0.4, 0.5) is 0 Å². The van der Waals surface area contributed by atoms with Crippen LogP contribution >= 0.6 is 0 Å². The number of nitrogens with zero attached hydrogens (tertiary/aromatic N) is 1. The lowest BCUT2D eigenvalue weighted by Crippen LogP contribution is -2.25. The zero-order chi connectivity index (χ0) is 17.3. The Balaban J connectivity index is 1.31. The number of carbonyl (C=O) groups excluding carboxylic acids is 1. The molecule has 1 heterocycles. The Bertz CT molecular complexity index is 673. The molecular weight excluding hydrogens is 312 g/mol. The lowest BCUT2D eigenvalue weighted by atomic mass is 9.89. The van der Waals surface area contributed by atoms with E-state index < -0.39 is 0 Å². The summed E-state index contributed by atoms with van der Waals surface area (Å²) in [5.74, 6) is 0.0971. The predicted octanol–water partition coefficient (Wildman–Crippen LogP) is 3.61. The van der Waals surface area contributed by atoms with Crippen LogP contribution in [0.25, 0.3) is 0 Å². The SMILES string of the molecule is O=C(CCc1ccncc1)NCCCO[C@@H]1CCCc2ccccc21. The van der Waals surface area contributed by atoms with Crippen LogP contribution in [0.1, 0.15) is 48.5 Å². The van der Waals surface area contributed by atoms with Crippen LogP contribution in [0.15, 0.2) is 48.8 Å². The third-order valence-electron chi connectivity index (χ3n) is 4.67. The molecule has 0 unspecified atom stereocenters. The van der Waals surface area contributed by atoms with E-state index in [1.807, 2.05) is 12.1 Å². The number of amides is 1. The number of carbonyl (C=O) groups is 1. The van der Waals surface area contributed by atoms with Crippen molar-refractivity contribution in [1.82, 2.24) is 10.3 Å². The topological polar surface area (TPSA) is 51.2 Å². The molecule has 3 rings (SSSR count). The second-order valence-corrected chi connectivity index (χ2v) is 6.51. The minimum absolute atomic E-state index is 0.0971. The van der Waals surface area contributed by atoms with Gasteiger partial charge in [-0.05, 0) is 60.9 Å². The van der Waals surface area contributed by atoms with Crippen molar-refractivity contribution in [2.24, 2.45) is 0 Å². The Morgan fingerprint density at radius 1 is 1.20 bits per heavy atom. The van der Waals surface area contributed by atoms with E-state index in [4.69, 9.17) is 4.74 Å². The van der Waals surface area contributed by atoms with Crippen molar-refractivity contribution < 1.29 is 9.53 Å². The van der Waals surface area contributed by atoms with Crippen LogP contribution in [-0.4, -0.2) is 24.0 Å². The number of ether oxygens (including phenoxy) is 1. The van der Waals surface area contributed by atoms with E-state index in [-0.39, 0.29) is 12.0 Å². The number of hydrogen-bond donors (Lipinski definition) is 1. The Kier molecular flexibility index (Phi) is 6.57. The third kappa shape index (κ3) is 5.40. The first-order valence-electron chi connectivity index (χ1n) is 9.18. The fraction of sp³-hybridized carbons (Fsp3) is 0.429. The van der Waals surface area contributed by atoms with Gasteiger partial charge in [0.2, 0.25) is 5.91 Å². The van der Waals surface area contributed by atoms with Gasteiger partial charge >= 0.3 is 0 Å². The van der Waals surface area contributed by atoms with Crippen molar-refractivity contribution >= 4 is 5.91 Å². The Morgan fingerprint density at radius 3 is 2.92 bits per heavy atom. The Morgan fingerprint density at radius 2 is 2.04 bits per heavy atom. The molecule has 0 bridgehead atoms. The fourth-order valence-electron chi connectivity index (χ4n) is 3.30. The normalized spacial score (nSPS) is 16.2. The summed E-state index contributed by atoms with van der Waals surface area (Å²) in [6.07, 6.45) is 9.28. The summed E-state index contributed by atoms with van der Waals surface area (Å²) < 4.78 is 6.06. The molecule has 2 aromatic rings. The second-order valence-electron chi connectivity index (χ2n) is 6.51. The smallest absolute Gasteiger partial charge is 0.220 e. The molecule has 0 radical (unpaired) electrons.